The van der Waals surface area contributed by atoms with E-state index in [1.54, 1.807) is 0 Å². The van der Waals surface area contributed by atoms with Gasteiger partial charge in [0.15, 0.2) is 5.69 Å². The molecule has 0 unspecified atom stereocenters. The van der Waals surface area contributed by atoms with E-state index in [0.717, 1.165) is 12.2 Å². The van der Waals surface area contributed by atoms with Crippen LogP contribution in [-0.2, 0) is 49.3 Å². The second kappa shape index (κ2) is 21.1. The SMILES string of the molecule is CC[Si](CC)CC.C[Si](C)(C)CCOCn1cc(C(F)(F)F)nc1C1(O)CCOCC1.O=CC(F)(F)F.OC1(c2ncc(C(F)(F)F)[nH]2)CCOCC1. The number of carbonyl (C=O) groups excluding carboxylic acids is 1. The number of imidazole rings is 2. The lowest BCUT2D eigenvalue weighted by atomic mass is 9.93. The lowest BCUT2D eigenvalue weighted by molar-refractivity contribution is -0.156. The molecule has 10 nitrogen and oxygen atoms in total. The van der Waals surface area contributed by atoms with E-state index in [2.05, 4.69) is 55.4 Å². The second-order valence-corrected chi connectivity index (χ2v) is 22.9. The maximum absolute atomic E-state index is 13.0. The molecule has 3 N–H and O–H groups in total. The average molecular weight is 816 g/mol. The standard InChI is InChI=1S/C15H25F3N2O3Si.C9H11F3N2O2.C6H15Si.C2HF3O/c1-24(2,3)9-8-23-11-20-10-12(15(16,17)18)19-13(20)14(21)4-6-22-7-5-14;10-9(11,12)6-5-13-7(14-6)8(15)1-3-16-4-2-8;1-4-7(5-2)6-3;3-2(4,5)1-6/h10,21H,4-9,11H2,1-3H3;5,15H,1-4H2,(H,13,14);4-6H2,1-3H3;1H. The number of carbonyl (C=O) groups is 1. The van der Waals surface area contributed by atoms with E-state index in [1.807, 2.05) is 0 Å². The van der Waals surface area contributed by atoms with Crippen molar-refractivity contribution in [3.05, 3.63) is 35.4 Å². The summed E-state index contributed by atoms with van der Waals surface area (Å²) in [7, 11) is -1.14. The van der Waals surface area contributed by atoms with E-state index in [1.165, 1.54) is 22.7 Å². The number of hydrogen-bond acceptors (Lipinski definition) is 8. The minimum atomic E-state index is -4.64. The summed E-state index contributed by atoms with van der Waals surface area (Å²) in [6.45, 7) is 15.2. The van der Waals surface area contributed by atoms with E-state index in [4.69, 9.17) is 19.0 Å². The number of halogens is 9. The smallest absolute Gasteiger partial charge is 0.382 e. The monoisotopic (exact) mass is 815 g/mol. The summed E-state index contributed by atoms with van der Waals surface area (Å²) >= 11 is 0. The fourth-order valence-corrected chi connectivity index (χ4v) is 7.15. The van der Waals surface area contributed by atoms with Crippen molar-refractivity contribution >= 4 is 23.2 Å². The quantitative estimate of drug-likeness (QED) is 0.0955. The number of H-pyrrole nitrogens is 1. The molecule has 0 bridgehead atoms. The van der Waals surface area contributed by atoms with Gasteiger partial charge in [0, 0.05) is 81.8 Å². The van der Waals surface area contributed by atoms with Crippen LogP contribution in [0, 0.1) is 0 Å². The molecule has 307 valence electrons. The van der Waals surface area contributed by atoms with Crippen LogP contribution in [0.25, 0.3) is 0 Å². The molecular weight excluding hydrogens is 764 g/mol. The van der Waals surface area contributed by atoms with Crippen molar-refractivity contribution in [2.45, 2.75) is 127 Å². The Labute approximate surface area is 306 Å². The van der Waals surface area contributed by atoms with Crippen LogP contribution in [0.15, 0.2) is 12.4 Å². The fraction of sp³-hybridized carbons (Fsp3) is 0.781. The Bertz CT molecular complexity index is 1330. The molecule has 0 aliphatic carbocycles. The zero-order chi connectivity index (χ0) is 40.7. The van der Waals surface area contributed by atoms with Crippen molar-refractivity contribution in [2.24, 2.45) is 0 Å². The molecular formula is C32H52F9N4O6Si2. The Morgan fingerprint density at radius 3 is 1.72 bits per heavy atom. The fourth-order valence-electron chi connectivity index (χ4n) is 4.89. The van der Waals surface area contributed by atoms with Gasteiger partial charge in [0.2, 0.25) is 6.29 Å². The zero-order valence-corrected chi connectivity index (χ0v) is 32.9. The number of hydrogen-bond donors (Lipinski definition) is 3. The molecule has 4 heterocycles. The van der Waals surface area contributed by atoms with Crippen molar-refractivity contribution < 1.29 is 68.7 Å². The molecule has 0 saturated carbocycles. The van der Waals surface area contributed by atoms with Crippen molar-refractivity contribution in [1.82, 2.24) is 19.5 Å². The summed E-state index contributed by atoms with van der Waals surface area (Å²) in [5.74, 6) is -0.0331. The van der Waals surface area contributed by atoms with Crippen molar-refractivity contribution in [2.75, 3.05) is 33.0 Å². The van der Waals surface area contributed by atoms with Gasteiger partial charge in [0.1, 0.15) is 35.3 Å². The minimum Gasteiger partial charge on any atom is -0.382 e. The number of alkyl halides is 9. The van der Waals surface area contributed by atoms with Crippen LogP contribution in [0.2, 0.25) is 43.8 Å². The van der Waals surface area contributed by atoms with Crippen LogP contribution in [0.5, 0.6) is 0 Å². The summed E-state index contributed by atoms with van der Waals surface area (Å²) in [6.07, 6.45) is -12.2. The van der Waals surface area contributed by atoms with Crippen molar-refractivity contribution in [1.29, 1.82) is 0 Å². The molecule has 2 aromatic rings. The maximum atomic E-state index is 13.0. The number of nitrogens with zero attached hydrogens (tertiary/aromatic N) is 3. The largest absolute Gasteiger partial charge is 0.446 e. The van der Waals surface area contributed by atoms with E-state index in [9.17, 15) is 49.7 Å². The Morgan fingerprint density at radius 1 is 0.887 bits per heavy atom. The van der Waals surface area contributed by atoms with Crippen LogP contribution in [0.4, 0.5) is 39.5 Å². The van der Waals surface area contributed by atoms with Gasteiger partial charge in [-0.15, -0.1) is 0 Å². The Hall–Kier alpha value is -2.31. The van der Waals surface area contributed by atoms with Gasteiger partial charge < -0.3 is 34.0 Å². The lowest BCUT2D eigenvalue weighted by Crippen LogP contribution is -2.36. The van der Waals surface area contributed by atoms with Gasteiger partial charge in [-0.2, -0.15) is 39.5 Å². The maximum Gasteiger partial charge on any atom is 0.446 e. The Morgan fingerprint density at radius 2 is 1.36 bits per heavy atom. The molecule has 0 spiro atoms. The molecule has 53 heavy (non-hydrogen) atoms. The molecule has 2 aromatic heterocycles. The summed E-state index contributed by atoms with van der Waals surface area (Å²) < 4.78 is 124. The number of nitrogens with one attached hydrogen (secondary N) is 1. The summed E-state index contributed by atoms with van der Waals surface area (Å²) in [6, 6.07) is 5.29. The highest BCUT2D eigenvalue weighted by Crippen LogP contribution is 2.36. The van der Waals surface area contributed by atoms with Crippen LogP contribution >= 0.6 is 0 Å². The highest BCUT2D eigenvalue weighted by atomic mass is 28.3. The summed E-state index contributed by atoms with van der Waals surface area (Å²) in [5, 5.41) is 20.8. The molecule has 1 radical (unpaired) electrons. The number of aromatic amines is 1. The molecule has 21 heteroatoms. The molecule has 2 aliphatic heterocycles. The van der Waals surface area contributed by atoms with Gasteiger partial charge in [-0.05, 0) is 6.04 Å². The summed E-state index contributed by atoms with van der Waals surface area (Å²) in [4.78, 5) is 18.1. The number of ether oxygens (including phenoxy) is 3. The third-order valence-corrected chi connectivity index (χ3v) is 13.0. The first-order chi connectivity index (χ1) is 24.3. The lowest BCUT2D eigenvalue weighted by Gasteiger charge is -2.31. The first kappa shape index (κ1) is 48.7. The van der Waals surface area contributed by atoms with Gasteiger partial charge in [0.25, 0.3) is 0 Å². The van der Waals surface area contributed by atoms with Gasteiger partial charge in [-0.1, -0.05) is 58.5 Å². The van der Waals surface area contributed by atoms with Crippen LogP contribution < -0.4 is 0 Å². The van der Waals surface area contributed by atoms with E-state index < -0.39 is 55.5 Å². The van der Waals surface area contributed by atoms with E-state index in [-0.39, 0.29) is 52.9 Å². The third-order valence-electron chi connectivity index (χ3n) is 8.31. The topological polar surface area (TPSA) is 132 Å². The molecule has 0 amide bonds. The molecule has 0 atom stereocenters. The number of aliphatic hydroxyl groups is 2. The van der Waals surface area contributed by atoms with Crippen LogP contribution in [0.3, 0.4) is 0 Å². The van der Waals surface area contributed by atoms with E-state index in [0.29, 0.717) is 39.2 Å². The molecule has 2 aliphatic rings. The van der Waals surface area contributed by atoms with Crippen LogP contribution in [0.1, 0.15) is 69.5 Å². The number of rotatable bonds is 10. The van der Waals surface area contributed by atoms with Crippen LogP contribution in [-0.4, -0.2) is 92.1 Å². The Kier molecular flexibility index (Phi) is 19.4. The first-order valence-electron chi connectivity index (χ1n) is 17.2. The van der Waals surface area contributed by atoms with Gasteiger partial charge in [-0.3, -0.25) is 4.79 Å². The highest BCUT2D eigenvalue weighted by Gasteiger charge is 2.42. The normalized spacial score (nSPS) is 17.5. The predicted octanol–water partition coefficient (Wildman–Crippen LogP) is 7.93. The van der Waals surface area contributed by atoms with E-state index >= 15 is 0 Å². The predicted molar refractivity (Wildman–Crippen MR) is 182 cm³/mol. The number of aromatic nitrogens is 4. The Balaban J connectivity index is 0.000000413. The highest BCUT2D eigenvalue weighted by molar-refractivity contribution is 6.76. The second-order valence-electron chi connectivity index (χ2n) is 13.7. The molecule has 2 saturated heterocycles. The third kappa shape index (κ3) is 17.8. The molecule has 0 aromatic carbocycles. The average Bonchev–Trinajstić information content (AvgIpc) is 3.75. The van der Waals surface area contributed by atoms with Gasteiger partial charge in [0.05, 0.1) is 6.20 Å². The van der Waals surface area contributed by atoms with Gasteiger partial charge >= 0.3 is 18.5 Å². The minimum absolute atomic E-state index is 0.00567. The van der Waals surface area contributed by atoms with Crippen molar-refractivity contribution in [3.8, 4) is 0 Å². The van der Waals surface area contributed by atoms with Gasteiger partial charge in [-0.25, -0.2) is 9.97 Å². The molecule has 4 rings (SSSR count). The number of aldehydes is 1. The first-order valence-corrected chi connectivity index (χ1v) is 23.0. The zero-order valence-electron chi connectivity index (χ0n) is 30.9. The summed E-state index contributed by atoms with van der Waals surface area (Å²) in [5.41, 5.74) is -4.69. The molecule has 2 fully saturated rings. The van der Waals surface area contributed by atoms with Crippen molar-refractivity contribution in [3.63, 3.8) is 0 Å².